The molecule has 0 aliphatic rings. The van der Waals surface area contributed by atoms with Gasteiger partial charge in [0.25, 0.3) is 0 Å². The van der Waals surface area contributed by atoms with Crippen molar-refractivity contribution in [2.45, 2.75) is 10.4 Å². The second-order valence-electron chi connectivity index (χ2n) is 1.92. The van der Waals surface area contributed by atoms with Crippen molar-refractivity contribution in [3.63, 3.8) is 0 Å². The normalized spacial score (nSPS) is 11.7. The third-order valence-electron chi connectivity index (χ3n) is 0.980. The van der Waals surface area contributed by atoms with E-state index in [9.17, 15) is 13.2 Å². The molecule has 0 amide bonds. The smallest absolute Gasteiger partial charge is 0.160 e. The van der Waals surface area contributed by atoms with E-state index >= 15 is 0 Å². The minimum Gasteiger partial charge on any atom is -0.160 e. The quantitative estimate of drug-likeness (QED) is 0.638. The van der Waals surface area contributed by atoms with Gasteiger partial charge in [0.2, 0.25) is 0 Å². The van der Waals surface area contributed by atoms with Gasteiger partial charge in [0.1, 0.15) is 0 Å². The van der Waals surface area contributed by atoms with Crippen LogP contribution in [-0.2, 0) is 0 Å². The van der Waals surface area contributed by atoms with Gasteiger partial charge in [-0.25, -0.2) is 0 Å². The summed E-state index contributed by atoms with van der Waals surface area (Å²) < 4.78 is 35.3. The fraction of sp³-hybridized carbons (Fsp3) is 0.143. The van der Waals surface area contributed by atoms with Crippen LogP contribution in [0.3, 0.4) is 0 Å². The molecule has 1 aromatic carbocycles. The molecule has 0 aliphatic heterocycles. The van der Waals surface area contributed by atoms with E-state index in [0.29, 0.717) is 5.02 Å². The molecule has 0 fully saturated rings. The number of benzene rings is 1. The number of alkyl halides is 3. The summed E-state index contributed by atoms with van der Waals surface area (Å²) in [6.07, 6.45) is 0. The predicted octanol–water partition coefficient (Wildman–Crippen LogP) is 3.75. The van der Waals surface area contributed by atoms with Gasteiger partial charge in [0.05, 0.1) is 0 Å². The van der Waals surface area contributed by atoms with Crippen LogP contribution in [-0.4, -0.2) is 5.51 Å². The van der Waals surface area contributed by atoms with Crippen molar-refractivity contribution in [3.05, 3.63) is 29.3 Å². The lowest BCUT2D eigenvalue weighted by Crippen LogP contribution is -1.98. The summed E-state index contributed by atoms with van der Waals surface area (Å²) in [6, 6.07) is 6.35. The average molecular weight is 212 g/mol. The summed E-state index contributed by atoms with van der Waals surface area (Å²) in [6.45, 7) is 0. The van der Waals surface area contributed by atoms with Gasteiger partial charge in [0.15, 0.2) is 0 Å². The molecule has 0 aliphatic carbocycles. The van der Waals surface area contributed by atoms with E-state index < -0.39 is 5.51 Å². The Balaban J connectivity index is 2.71. The first-order valence-corrected chi connectivity index (χ1v) is 4.10. The number of hydrogen-bond acceptors (Lipinski definition) is 1. The van der Waals surface area contributed by atoms with Crippen LogP contribution in [0, 0.1) is 6.07 Å². The Bertz CT molecular complexity index is 254. The molecule has 0 bridgehead atoms. The first-order valence-electron chi connectivity index (χ1n) is 2.90. The molecule has 5 heteroatoms. The molecule has 1 radical (unpaired) electrons. The van der Waals surface area contributed by atoms with Crippen molar-refractivity contribution in [2.75, 3.05) is 0 Å². The monoisotopic (exact) mass is 211 g/mol. The van der Waals surface area contributed by atoms with Crippen molar-refractivity contribution < 1.29 is 13.2 Å². The van der Waals surface area contributed by atoms with E-state index in [2.05, 4.69) is 6.07 Å². The van der Waals surface area contributed by atoms with Gasteiger partial charge in [-0.3, -0.25) is 0 Å². The molecule has 1 rings (SSSR count). The summed E-state index contributed by atoms with van der Waals surface area (Å²) in [5, 5.41) is 0.307. The lowest BCUT2D eigenvalue weighted by Gasteiger charge is -2.04. The van der Waals surface area contributed by atoms with Gasteiger partial charge in [-0.2, -0.15) is 13.2 Å². The van der Waals surface area contributed by atoms with E-state index in [1.807, 2.05) is 0 Å². The van der Waals surface area contributed by atoms with Gasteiger partial charge < -0.3 is 0 Å². The second kappa shape index (κ2) is 3.58. The first kappa shape index (κ1) is 9.74. The van der Waals surface area contributed by atoms with E-state index in [0.717, 1.165) is 0 Å². The summed E-state index contributed by atoms with van der Waals surface area (Å²) in [4.78, 5) is 0.0897. The van der Waals surface area contributed by atoms with Crippen molar-refractivity contribution in [3.8, 4) is 0 Å². The molecule has 0 saturated carbocycles. The fourth-order valence-electron chi connectivity index (χ4n) is 0.589. The number of halogens is 4. The summed E-state index contributed by atoms with van der Waals surface area (Å²) >= 11 is 5.26. The van der Waals surface area contributed by atoms with Crippen LogP contribution >= 0.6 is 23.4 Å². The maximum atomic E-state index is 11.8. The Morgan fingerprint density at radius 2 is 2.00 bits per heavy atom. The summed E-state index contributed by atoms with van der Waals surface area (Å²) in [5.74, 6) is 0. The predicted molar refractivity (Wildman–Crippen MR) is 42.2 cm³/mol. The highest BCUT2D eigenvalue weighted by atomic mass is 35.5. The van der Waals surface area contributed by atoms with Gasteiger partial charge in [-0.1, -0.05) is 11.6 Å². The van der Waals surface area contributed by atoms with Gasteiger partial charge in [-0.05, 0) is 30.0 Å². The van der Waals surface area contributed by atoms with Gasteiger partial charge in [-0.15, -0.1) is 0 Å². The van der Waals surface area contributed by atoms with E-state index in [-0.39, 0.29) is 16.7 Å². The second-order valence-corrected chi connectivity index (χ2v) is 3.47. The van der Waals surface area contributed by atoms with Gasteiger partial charge in [0, 0.05) is 16.0 Å². The fourth-order valence-corrected chi connectivity index (χ4v) is 1.23. The molecule has 0 N–H and O–H groups in total. The highest BCUT2D eigenvalue weighted by molar-refractivity contribution is 8.00. The molecule has 1 aromatic rings. The van der Waals surface area contributed by atoms with Crippen LogP contribution in [0.4, 0.5) is 13.2 Å². The molecule has 0 nitrogen and oxygen atoms in total. The zero-order chi connectivity index (χ0) is 9.19. The SMILES string of the molecule is FC(F)(F)Sc1c[c]c(Cl)cc1. The maximum Gasteiger partial charge on any atom is 0.446 e. The molecule has 65 valence electrons. The molecule has 0 atom stereocenters. The number of rotatable bonds is 1. The van der Waals surface area contributed by atoms with E-state index in [1.165, 1.54) is 18.2 Å². The Morgan fingerprint density at radius 3 is 2.42 bits per heavy atom. The Morgan fingerprint density at radius 1 is 1.33 bits per heavy atom. The topological polar surface area (TPSA) is 0 Å². The molecular formula is C7H3ClF3S. The Kier molecular flexibility index (Phi) is 2.90. The molecular weight excluding hydrogens is 209 g/mol. The molecule has 0 unspecified atom stereocenters. The Labute approximate surface area is 76.7 Å². The molecule has 0 spiro atoms. The van der Waals surface area contributed by atoms with E-state index in [4.69, 9.17) is 11.6 Å². The van der Waals surface area contributed by atoms with Crippen molar-refractivity contribution >= 4 is 23.4 Å². The zero-order valence-corrected chi connectivity index (χ0v) is 7.22. The number of thioether (sulfide) groups is 1. The molecule has 0 saturated heterocycles. The van der Waals surface area contributed by atoms with Crippen LogP contribution < -0.4 is 0 Å². The van der Waals surface area contributed by atoms with Crippen molar-refractivity contribution in [1.82, 2.24) is 0 Å². The standard InChI is InChI=1S/C7H3ClF3S/c8-5-1-3-6(4-2-5)12-7(9,10)11/h1,3-4H. The van der Waals surface area contributed by atoms with E-state index in [1.54, 1.807) is 0 Å². The minimum absolute atomic E-state index is 0.0897. The lowest BCUT2D eigenvalue weighted by molar-refractivity contribution is -0.0328. The number of hydrogen-bond donors (Lipinski definition) is 0. The average Bonchev–Trinajstić information content (AvgIpc) is 1.91. The summed E-state index contributed by atoms with van der Waals surface area (Å²) in [5.41, 5.74) is -4.25. The summed E-state index contributed by atoms with van der Waals surface area (Å²) in [7, 11) is 0. The van der Waals surface area contributed by atoms with Crippen molar-refractivity contribution in [1.29, 1.82) is 0 Å². The third-order valence-corrected chi connectivity index (χ3v) is 1.94. The lowest BCUT2D eigenvalue weighted by atomic mass is 10.4. The van der Waals surface area contributed by atoms with Crippen molar-refractivity contribution in [2.24, 2.45) is 0 Å². The molecule has 0 aromatic heterocycles. The molecule has 0 heterocycles. The zero-order valence-electron chi connectivity index (χ0n) is 5.65. The van der Waals surface area contributed by atoms with Crippen LogP contribution in [0.15, 0.2) is 23.1 Å². The van der Waals surface area contributed by atoms with Gasteiger partial charge >= 0.3 is 5.51 Å². The highest BCUT2D eigenvalue weighted by Gasteiger charge is 2.28. The first-order chi connectivity index (χ1) is 5.47. The highest BCUT2D eigenvalue weighted by Crippen LogP contribution is 2.36. The van der Waals surface area contributed by atoms with Crippen LogP contribution in [0.5, 0.6) is 0 Å². The minimum atomic E-state index is -4.25. The maximum absolute atomic E-state index is 11.8. The third kappa shape index (κ3) is 3.36. The van der Waals surface area contributed by atoms with Crippen LogP contribution in [0.2, 0.25) is 5.02 Å². The Hall–Kier alpha value is -0.350. The van der Waals surface area contributed by atoms with Crippen LogP contribution in [0.1, 0.15) is 0 Å². The molecule has 12 heavy (non-hydrogen) atoms. The largest absolute Gasteiger partial charge is 0.446 e. The van der Waals surface area contributed by atoms with Crippen LogP contribution in [0.25, 0.3) is 0 Å².